The van der Waals surface area contributed by atoms with Gasteiger partial charge in [-0.3, -0.25) is 0 Å². The highest BCUT2D eigenvalue weighted by Gasteiger charge is 2.06. The lowest BCUT2D eigenvalue weighted by Crippen LogP contribution is -1.93. The van der Waals surface area contributed by atoms with Crippen LogP contribution in [0.4, 0.5) is 0 Å². The minimum absolute atomic E-state index is 0.402. The van der Waals surface area contributed by atoms with Crippen LogP contribution >= 0.6 is 27.5 Å². The zero-order chi connectivity index (χ0) is 11.5. The number of rotatable bonds is 2. The molecule has 4 heteroatoms. The Morgan fingerprint density at radius 1 is 1.31 bits per heavy atom. The van der Waals surface area contributed by atoms with E-state index in [1.807, 2.05) is 31.2 Å². The zero-order valence-electron chi connectivity index (χ0n) is 8.74. The molecule has 0 radical (unpaired) electrons. The summed E-state index contributed by atoms with van der Waals surface area (Å²) in [6.07, 6.45) is 1.73. The highest BCUT2D eigenvalue weighted by Crippen LogP contribution is 2.26. The Morgan fingerprint density at radius 2 is 2.12 bits per heavy atom. The molecule has 1 aromatic heterocycles. The lowest BCUT2D eigenvalue weighted by Gasteiger charge is -2.05. The summed E-state index contributed by atoms with van der Waals surface area (Å²) in [5.74, 6) is 1.10. The molecule has 0 amide bonds. The fourth-order valence-corrected chi connectivity index (χ4v) is 2.22. The molecule has 2 rings (SSSR count). The number of hydrogen-bond acceptors (Lipinski definition) is 2. The first kappa shape index (κ1) is 11.6. The fourth-order valence-electron chi connectivity index (χ4n) is 1.40. The molecule has 16 heavy (non-hydrogen) atoms. The number of aryl methyl sites for hydroxylation is 1. The maximum absolute atomic E-state index is 5.75. The largest absolute Gasteiger partial charge is 0.237 e. The molecule has 0 unspecified atom stereocenters. The summed E-state index contributed by atoms with van der Waals surface area (Å²) in [5.41, 5.74) is 3.01. The molecular weight excluding hydrogens is 288 g/mol. The van der Waals surface area contributed by atoms with E-state index in [0.29, 0.717) is 11.7 Å². The van der Waals surface area contributed by atoms with Gasteiger partial charge in [-0.2, -0.15) is 0 Å². The molecule has 0 saturated heterocycles. The van der Waals surface area contributed by atoms with Crippen LogP contribution in [-0.2, 0) is 5.88 Å². The van der Waals surface area contributed by atoms with Gasteiger partial charge in [-0.1, -0.05) is 22.0 Å². The van der Waals surface area contributed by atoms with E-state index in [0.717, 1.165) is 15.7 Å². The monoisotopic (exact) mass is 296 g/mol. The number of aromatic nitrogens is 2. The summed E-state index contributed by atoms with van der Waals surface area (Å²) < 4.78 is 0.999. The predicted octanol–water partition coefficient (Wildman–Crippen LogP) is 3.95. The Balaban J connectivity index is 2.49. The summed E-state index contributed by atoms with van der Waals surface area (Å²) in [6, 6.07) is 7.91. The highest BCUT2D eigenvalue weighted by atomic mass is 79.9. The number of nitrogens with zero attached hydrogens (tertiary/aromatic N) is 2. The van der Waals surface area contributed by atoms with Gasteiger partial charge in [0.05, 0.1) is 11.6 Å². The second-order valence-electron chi connectivity index (χ2n) is 3.49. The number of alkyl halides is 1. The SMILES string of the molecule is Cc1ccc(-c2nccc(CCl)n2)c(Br)c1. The van der Waals surface area contributed by atoms with Crippen LogP contribution in [0.15, 0.2) is 34.9 Å². The summed E-state index contributed by atoms with van der Waals surface area (Å²) in [4.78, 5) is 8.63. The average molecular weight is 298 g/mol. The minimum atomic E-state index is 0.402. The minimum Gasteiger partial charge on any atom is -0.237 e. The lowest BCUT2D eigenvalue weighted by molar-refractivity contribution is 1.09. The second-order valence-corrected chi connectivity index (χ2v) is 4.61. The van der Waals surface area contributed by atoms with Gasteiger partial charge in [0.2, 0.25) is 0 Å². The standard InChI is InChI=1S/C12H10BrClN2/c1-8-2-3-10(11(13)6-8)12-15-5-4-9(7-14)16-12/h2-6H,7H2,1H3. The van der Waals surface area contributed by atoms with Crippen molar-refractivity contribution < 1.29 is 0 Å². The van der Waals surface area contributed by atoms with Crippen molar-refractivity contribution >= 4 is 27.5 Å². The van der Waals surface area contributed by atoms with Gasteiger partial charge < -0.3 is 0 Å². The van der Waals surface area contributed by atoms with Gasteiger partial charge in [0.15, 0.2) is 5.82 Å². The Kier molecular flexibility index (Phi) is 3.56. The highest BCUT2D eigenvalue weighted by molar-refractivity contribution is 9.10. The molecule has 1 heterocycles. The molecular formula is C12H10BrClN2. The summed E-state index contributed by atoms with van der Waals surface area (Å²) in [5, 5.41) is 0. The first-order chi connectivity index (χ1) is 7.70. The van der Waals surface area contributed by atoms with E-state index in [4.69, 9.17) is 11.6 Å². The number of benzene rings is 1. The normalized spacial score (nSPS) is 10.4. The van der Waals surface area contributed by atoms with Gasteiger partial charge in [0.25, 0.3) is 0 Å². The molecule has 0 aliphatic carbocycles. The van der Waals surface area contributed by atoms with E-state index >= 15 is 0 Å². The van der Waals surface area contributed by atoms with Crippen molar-refractivity contribution in [2.45, 2.75) is 12.8 Å². The maximum Gasteiger partial charge on any atom is 0.160 e. The summed E-state index contributed by atoms with van der Waals surface area (Å²) >= 11 is 9.27. The average Bonchev–Trinajstić information content (AvgIpc) is 2.29. The number of hydrogen-bond donors (Lipinski definition) is 0. The Hall–Kier alpha value is -0.930. The third-order valence-corrected chi connectivity index (χ3v) is 3.15. The molecule has 0 fully saturated rings. The molecule has 0 bridgehead atoms. The van der Waals surface area contributed by atoms with Crippen molar-refractivity contribution in [1.29, 1.82) is 0 Å². The van der Waals surface area contributed by atoms with Crippen molar-refractivity contribution in [2.24, 2.45) is 0 Å². The van der Waals surface area contributed by atoms with Crippen LogP contribution in [0.1, 0.15) is 11.3 Å². The van der Waals surface area contributed by atoms with E-state index < -0.39 is 0 Å². The van der Waals surface area contributed by atoms with Crippen molar-refractivity contribution in [3.8, 4) is 11.4 Å². The Labute approximate surface area is 108 Å². The third-order valence-electron chi connectivity index (χ3n) is 2.22. The molecule has 0 spiro atoms. The molecule has 2 nitrogen and oxygen atoms in total. The van der Waals surface area contributed by atoms with Crippen LogP contribution in [0.5, 0.6) is 0 Å². The van der Waals surface area contributed by atoms with Crippen LogP contribution in [0, 0.1) is 6.92 Å². The van der Waals surface area contributed by atoms with E-state index in [9.17, 15) is 0 Å². The zero-order valence-corrected chi connectivity index (χ0v) is 11.1. The van der Waals surface area contributed by atoms with Crippen molar-refractivity contribution in [3.05, 3.63) is 46.2 Å². The third kappa shape index (κ3) is 2.42. The van der Waals surface area contributed by atoms with E-state index in [2.05, 4.69) is 25.9 Å². The Bertz CT molecular complexity index is 514. The molecule has 0 N–H and O–H groups in total. The van der Waals surface area contributed by atoms with Crippen LogP contribution in [0.25, 0.3) is 11.4 Å². The molecule has 0 atom stereocenters. The van der Waals surface area contributed by atoms with Crippen LogP contribution < -0.4 is 0 Å². The van der Waals surface area contributed by atoms with Gasteiger partial charge in [-0.05, 0) is 30.7 Å². The number of halogens is 2. The Morgan fingerprint density at radius 3 is 2.81 bits per heavy atom. The van der Waals surface area contributed by atoms with Crippen molar-refractivity contribution in [3.63, 3.8) is 0 Å². The smallest absolute Gasteiger partial charge is 0.160 e. The van der Waals surface area contributed by atoms with Gasteiger partial charge in [-0.25, -0.2) is 9.97 Å². The molecule has 82 valence electrons. The van der Waals surface area contributed by atoms with Crippen LogP contribution in [0.2, 0.25) is 0 Å². The maximum atomic E-state index is 5.75. The van der Waals surface area contributed by atoms with E-state index in [-0.39, 0.29) is 0 Å². The van der Waals surface area contributed by atoms with E-state index in [1.165, 1.54) is 5.56 Å². The second kappa shape index (κ2) is 4.93. The lowest BCUT2D eigenvalue weighted by atomic mass is 10.1. The molecule has 2 aromatic rings. The quantitative estimate of drug-likeness (QED) is 0.784. The van der Waals surface area contributed by atoms with Crippen LogP contribution in [0.3, 0.4) is 0 Å². The van der Waals surface area contributed by atoms with Gasteiger partial charge in [0, 0.05) is 16.2 Å². The van der Waals surface area contributed by atoms with Gasteiger partial charge in [-0.15, -0.1) is 11.6 Å². The molecule has 0 saturated carbocycles. The fraction of sp³-hybridized carbons (Fsp3) is 0.167. The molecule has 1 aromatic carbocycles. The van der Waals surface area contributed by atoms with Crippen molar-refractivity contribution in [2.75, 3.05) is 0 Å². The molecule has 0 aliphatic heterocycles. The van der Waals surface area contributed by atoms with Crippen molar-refractivity contribution in [1.82, 2.24) is 9.97 Å². The van der Waals surface area contributed by atoms with Gasteiger partial charge in [0.1, 0.15) is 0 Å². The van der Waals surface area contributed by atoms with Crippen LogP contribution in [-0.4, -0.2) is 9.97 Å². The topological polar surface area (TPSA) is 25.8 Å². The first-order valence-corrected chi connectivity index (χ1v) is 6.18. The predicted molar refractivity (Wildman–Crippen MR) is 69.5 cm³/mol. The van der Waals surface area contributed by atoms with Gasteiger partial charge >= 0.3 is 0 Å². The molecule has 0 aliphatic rings. The van der Waals surface area contributed by atoms with E-state index in [1.54, 1.807) is 6.20 Å². The first-order valence-electron chi connectivity index (χ1n) is 4.85. The summed E-state index contributed by atoms with van der Waals surface area (Å²) in [7, 11) is 0. The summed E-state index contributed by atoms with van der Waals surface area (Å²) in [6.45, 7) is 2.05.